The number of piperidine rings is 1. The van der Waals surface area contributed by atoms with Gasteiger partial charge in [-0.3, -0.25) is 4.79 Å². The maximum Gasteiger partial charge on any atom is 0.229 e. The Bertz CT molecular complexity index is 954. The van der Waals surface area contributed by atoms with Crippen LogP contribution in [0.5, 0.6) is 0 Å². The summed E-state index contributed by atoms with van der Waals surface area (Å²) in [5, 5.41) is 6.41. The van der Waals surface area contributed by atoms with Crippen molar-refractivity contribution in [3.05, 3.63) is 35.2 Å². The number of halogens is 2. The molecular formula is C23H29ClFN5O2. The molecule has 2 aromatic rings. The van der Waals surface area contributed by atoms with Crippen molar-refractivity contribution in [3.63, 3.8) is 0 Å². The van der Waals surface area contributed by atoms with Gasteiger partial charge < -0.3 is 20.3 Å². The molecule has 2 aliphatic heterocycles. The van der Waals surface area contributed by atoms with Gasteiger partial charge in [0.15, 0.2) is 11.6 Å². The van der Waals surface area contributed by atoms with Crippen LogP contribution in [-0.4, -0.2) is 60.7 Å². The minimum absolute atomic E-state index is 0.0526. The molecule has 2 aliphatic rings. The van der Waals surface area contributed by atoms with Crippen LogP contribution < -0.4 is 10.6 Å². The fraction of sp³-hybridized carbons (Fsp3) is 0.522. The highest BCUT2D eigenvalue weighted by atomic mass is 35.5. The number of hydrogen-bond acceptors (Lipinski definition) is 6. The van der Waals surface area contributed by atoms with E-state index in [1.165, 1.54) is 12.3 Å². The summed E-state index contributed by atoms with van der Waals surface area (Å²) < 4.78 is 19.8. The number of pyridine rings is 2. The Hall–Kier alpha value is -2.29. The molecule has 1 atom stereocenters. The summed E-state index contributed by atoms with van der Waals surface area (Å²) in [5.41, 5.74) is 1.10. The van der Waals surface area contributed by atoms with E-state index in [1.807, 2.05) is 7.05 Å². The van der Waals surface area contributed by atoms with E-state index in [0.717, 1.165) is 52.0 Å². The van der Waals surface area contributed by atoms with Gasteiger partial charge in [0.1, 0.15) is 5.82 Å². The first kappa shape index (κ1) is 22.9. The predicted molar refractivity (Wildman–Crippen MR) is 123 cm³/mol. The van der Waals surface area contributed by atoms with Crippen LogP contribution in [0.1, 0.15) is 25.7 Å². The molecule has 2 saturated heterocycles. The number of amides is 1. The van der Waals surface area contributed by atoms with Crippen LogP contribution in [0.2, 0.25) is 5.02 Å². The van der Waals surface area contributed by atoms with Crippen LogP contribution >= 0.6 is 11.6 Å². The van der Waals surface area contributed by atoms with Crippen LogP contribution in [0.25, 0.3) is 11.3 Å². The van der Waals surface area contributed by atoms with Crippen molar-refractivity contribution in [1.29, 1.82) is 0 Å². The normalized spacial score (nSPS) is 20.2. The Kier molecular flexibility index (Phi) is 7.55. The van der Waals surface area contributed by atoms with Gasteiger partial charge >= 0.3 is 0 Å². The zero-order chi connectivity index (χ0) is 22.5. The van der Waals surface area contributed by atoms with Gasteiger partial charge in [-0.15, -0.1) is 0 Å². The average molecular weight is 462 g/mol. The lowest BCUT2D eigenvalue weighted by Gasteiger charge is -2.28. The summed E-state index contributed by atoms with van der Waals surface area (Å²) in [7, 11) is 2.02. The Morgan fingerprint density at radius 1 is 1.31 bits per heavy atom. The molecule has 172 valence electrons. The molecule has 2 aromatic heterocycles. The second-order valence-corrected chi connectivity index (χ2v) is 9.01. The molecule has 7 nitrogen and oxygen atoms in total. The van der Waals surface area contributed by atoms with Gasteiger partial charge in [-0.05, 0) is 63.4 Å². The number of rotatable bonds is 6. The number of hydrogen-bond donors (Lipinski definition) is 2. The monoisotopic (exact) mass is 461 g/mol. The zero-order valence-electron chi connectivity index (χ0n) is 18.2. The molecule has 9 heteroatoms. The second-order valence-electron chi connectivity index (χ2n) is 8.60. The van der Waals surface area contributed by atoms with Gasteiger partial charge in [0.2, 0.25) is 5.91 Å². The summed E-state index contributed by atoms with van der Waals surface area (Å²) in [5.74, 6) is 0.491. The standard InChI is InChI=1S/C23H29ClFN5O2/c1-30-8-2-3-16(14-30)23(31)29-21-11-17(18(24)13-26-21)20-5-4-19(25)22(28-20)27-12-15-6-9-32-10-7-15/h4-5,11,13,15-16H,2-3,6-10,12,14H2,1H3,(H,27,28)(H,26,29,31)/t16-/m0/s1. The number of anilines is 2. The molecule has 4 rings (SSSR count). The summed E-state index contributed by atoms with van der Waals surface area (Å²) in [6.07, 6.45) is 5.24. The van der Waals surface area contributed by atoms with Crippen molar-refractivity contribution in [2.24, 2.45) is 11.8 Å². The summed E-state index contributed by atoms with van der Waals surface area (Å²) >= 11 is 6.38. The van der Waals surface area contributed by atoms with Crippen molar-refractivity contribution >= 4 is 29.1 Å². The topological polar surface area (TPSA) is 79.4 Å². The lowest BCUT2D eigenvalue weighted by Crippen LogP contribution is -2.38. The number of carbonyl (C=O) groups excluding carboxylic acids is 1. The summed E-state index contributed by atoms with van der Waals surface area (Å²) in [6.45, 7) is 3.85. The predicted octanol–water partition coefficient (Wildman–Crippen LogP) is 4.05. The number of aromatic nitrogens is 2. The average Bonchev–Trinajstić information content (AvgIpc) is 2.80. The summed E-state index contributed by atoms with van der Waals surface area (Å²) in [6, 6.07) is 4.65. The molecule has 0 radical (unpaired) electrons. The van der Waals surface area contributed by atoms with Crippen LogP contribution in [0.15, 0.2) is 24.4 Å². The highest BCUT2D eigenvalue weighted by molar-refractivity contribution is 6.33. The number of likely N-dealkylation sites (tertiary alicyclic amines) is 1. The molecule has 0 bridgehead atoms. The molecule has 2 fully saturated rings. The van der Waals surface area contributed by atoms with Crippen LogP contribution in [0.4, 0.5) is 16.0 Å². The Morgan fingerprint density at radius 2 is 2.12 bits per heavy atom. The molecule has 1 amide bonds. The van der Waals surface area contributed by atoms with Crippen molar-refractivity contribution < 1.29 is 13.9 Å². The number of carbonyl (C=O) groups is 1. The number of nitrogens with zero attached hydrogens (tertiary/aromatic N) is 3. The number of ether oxygens (including phenoxy) is 1. The third kappa shape index (κ3) is 5.74. The molecule has 32 heavy (non-hydrogen) atoms. The van der Waals surface area contributed by atoms with E-state index in [-0.39, 0.29) is 17.6 Å². The van der Waals surface area contributed by atoms with E-state index in [2.05, 4.69) is 25.5 Å². The minimum atomic E-state index is -0.416. The number of nitrogens with one attached hydrogen (secondary N) is 2. The zero-order valence-corrected chi connectivity index (χ0v) is 19.0. The van der Waals surface area contributed by atoms with E-state index in [9.17, 15) is 9.18 Å². The molecule has 0 saturated carbocycles. The fourth-order valence-electron chi connectivity index (χ4n) is 4.22. The molecule has 2 N–H and O–H groups in total. The molecule has 4 heterocycles. The van der Waals surface area contributed by atoms with E-state index >= 15 is 0 Å². The maximum atomic E-state index is 14.4. The third-order valence-electron chi connectivity index (χ3n) is 6.12. The first-order valence-corrected chi connectivity index (χ1v) is 11.5. The van der Waals surface area contributed by atoms with Gasteiger partial charge in [0, 0.05) is 38.1 Å². The van der Waals surface area contributed by atoms with E-state index < -0.39 is 5.82 Å². The highest BCUT2D eigenvalue weighted by Crippen LogP contribution is 2.30. The van der Waals surface area contributed by atoms with E-state index in [0.29, 0.717) is 34.6 Å². The van der Waals surface area contributed by atoms with Crippen LogP contribution in [0, 0.1) is 17.7 Å². The second kappa shape index (κ2) is 10.6. The van der Waals surface area contributed by atoms with Crippen molar-refractivity contribution in [2.45, 2.75) is 25.7 Å². The minimum Gasteiger partial charge on any atom is -0.381 e. The Morgan fingerprint density at radius 3 is 2.91 bits per heavy atom. The van der Waals surface area contributed by atoms with Crippen LogP contribution in [-0.2, 0) is 9.53 Å². The molecule has 0 aliphatic carbocycles. The Balaban J connectivity index is 1.48. The van der Waals surface area contributed by atoms with Crippen molar-refractivity contribution in [1.82, 2.24) is 14.9 Å². The van der Waals surface area contributed by atoms with E-state index in [1.54, 1.807) is 12.1 Å². The third-order valence-corrected chi connectivity index (χ3v) is 6.42. The largest absolute Gasteiger partial charge is 0.381 e. The van der Waals surface area contributed by atoms with Gasteiger partial charge in [-0.1, -0.05) is 11.6 Å². The molecule has 0 unspecified atom stereocenters. The van der Waals surface area contributed by atoms with E-state index in [4.69, 9.17) is 16.3 Å². The molecule has 0 spiro atoms. The molecule has 0 aromatic carbocycles. The SMILES string of the molecule is CN1CCC[C@H](C(=O)Nc2cc(-c3ccc(F)c(NCC4CCOCC4)n3)c(Cl)cn2)C1. The van der Waals surface area contributed by atoms with Gasteiger partial charge in [0.25, 0.3) is 0 Å². The van der Waals surface area contributed by atoms with Gasteiger partial charge in [-0.2, -0.15) is 0 Å². The van der Waals surface area contributed by atoms with Crippen molar-refractivity contribution in [2.75, 3.05) is 50.5 Å². The lowest BCUT2D eigenvalue weighted by atomic mass is 9.97. The van der Waals surface area contributed by atoms with Gasteiger partial charge in [-0.25, -0.2) is 14.4 Å². The first-order valence-electron chi connectivity index (χ1n) is 11.1. The fourth-order valence-corrected chi connectivity index (χ4v) is 4.42. The maximum absolute atomic E-state index is 14.4. The lowest BCUT2D eigenvalue weighted by molar-refractivity contribution is -0.121. The Labute approximate surface area is 192 Å². The van der Waals surface area contributed by atoms with Crippen LogP contribution in [0.3, 0.4) is 0 Å². The van der Waals surface area contributed by atoms with Crippen molar-refractivity contribution in [3.8, 4) is 11.3 Å². The smallest absolute Gasteiger partial charge is 0.229 e. The van der Waals surface area contributed by atoms with Gasteiger partial charge in [0.05, 0.1) is 16.6 Å². The quantitative estimate of drug-likeness (QED) is 0.675. The summed E-state index contributed by atoms with van der Waals surface area (Å²) in [4.78, 5) is 23.6. The molecular weight excluding hydrogens is 433 g/mol. The highest BCUT2D eigenvalue weighted by Gasteiger charge is 2.24. The first-order chi connectivity index (χ1) is 15.5.